The van der Waals surface area contributed by atoms with E-state index in [2.05, 4.69) is 5.32 Å². The second-order valence-electron chi connectivity index (χ2n) is 8.21. The maximum Gasteiger partial charge on any atom is 0.243 e. The van der Waals surface area contributed by atoms with Crippen molar-refractivity contribution in [2.45, 2.75) is 43.5 Å². The summed E-state index contributed by atoms with van der Waals surface area (Å²) in [5.74, 6) is 0.761. The Hall–Kier alpha value is -2.64. The molecular formula is C24H28N2O4S. The van der Waals surface area contributed by atoms with Gasteiger partial charge in [-0.15, -0.1) is 0 Å². The van der Waals surface area contributed by atoms with Crippen molar-refractivity contribution in [3.8, 4) is 0 Å². The van der Waals surface area contributed by atoms with Gasteiger partial charge in [0.1, 0.15) is 5.76 Å². The molecule has 1 saturated heterocycles. The molecule has 1 fully saturated rings. The van der Waals surface area contributed by atoms with Gasteiger partial charge in [0, 0.05) is 31.5 Å². The van der Waals surface area contributed by atoms with Gasteiger partial charge in [-0.3, -0.25) is 4.79 Å². The van der Waals surface area contributed by atoms with Crippen LogP contribution in [0, 0.1) is 5.92 Å². The Morgan fingerprint density at radius 3 is 2.55 bits per heavy atom. The summed E-state index contributed by atoms with van der Waals surface area (Å²) >= 11 is 0. The maximum atomic E-state index is 13.1. The molecule has 2 heterocycles. The standard InChI is InChI=1S/C24H28N2O4S/c1-18(8-10-22-7-4-16-30-22)25-24(27)20-12-14-26(15-13-20)31(28,29)23-11-9-19-5-2-3-6-21(19)17-23/h2-7,9,11,16-18,20H,8,10,12-15H2,1H3,(H,25,27)/t18-/m0/s1. The zero-order chi connectivity index (χ0) is 21.8. The number of carbonyl (C=O) groups excluding carboxylic acids is 1. The average Bonchev–Trinajstić information content (AvgIpc) is 3.31. The van der Waals surface area contributed by atoms with E-state index in [0.29, 0.717) is 30.8 Å². The highest BCUT2D eigenvalue weighted by molar-refractivity contribution is 7.89. The molecule has 164 valence electrons. The minimum atomic E-state index is -3.57. The number of furan rings is 1. The molecule has 1 aromatic heterocycles. The SMILES string of the molecule is C[C@@H](CCc1ccco1)NC(=O)C1CCN(S(=O)(=O)c2ccc3ccccc3c2)CC1. The first-order chi connectivity index (χ1) is 14.9. The van der Waals surface area contributed by atoms with Crippen molar-refractivity contribution >= 4 is 26.7 Å². The lowest BCUT2D eigenvalue weighted by Crippen LogP contribution is -2.44. The first-order valence-corrected chi connectivity index (χ1v) is 12.2. The van der Waals surface area contributed by atoms with E-state index in [1.165, 1.54) is 4.31 Å². The third-order valence-corrected chi connectivity index (χ3v) is 7.87. The molecule has 2 aromatic carbocycles. The molecule has 0 saturated carbocycles. The monoisotopic (exact) mass is 440 g/mol. The molecule has 1 aliphatic rings. The Morgan fingerprint density at radius 1 is 1.10 bits per heavy atom. The van der Waals surface area contributed by atoms with Crippen molar-refractivity contribution in [3.05, 3.63) is 66.6 Å². The molecule has 0 unspecified atom stereocenters. The fraction of sp³-hybridized carbons (Fsp3) is 0.375. The molecule has 1 amide bonds. The summed E-state index contributed by atoms with van der Waals surface area (Å²) in [5.41, 5.74) is 0. The quantitative estimate of drug-likeness (QED) is 0.603. The molecule has 1 aliphatic heterocycles. The molecule has 4 rings (SSSR count). The number of fused-ring (bicyclic) bond motifs is 1. The van der Waals surface area contributed by atoms with Gasteiger partial charge in [0.05, 0.1) is 11.2 Å². The highest BCUT2D eigenvalue weighted by atomic mass is 32.2. The van der Waals surface area contributed by atoms with Crippen molar-refractivity contribution in [2.24, 2.45) is 5.92 Å². The van der Waals surface area contributed by atoms with E-state index < -0.39 is 10.0 Å². The van der Waals surface area contributed by atoms with E-state index in [1.807, 2.05) is 49.4 Å². The zero-order valence-corrected chi connectivity index (χ0v) is 18.5. The molecule has 0 spiro atoms. The van der Waals surface area contributed by atoms with Gasteiger partial charge in [0.15, 0.2) is 0 Å². The van der Waals surface area contributed by atoms with Gasteiger partial charge < -0.3 is 9.73 Å². The van der Waals surface area contributed by atoms with Crippen LogP contribution in [-0.2, 0) is 21.2 Å². The number of carbonyl (C=O) groups is 1. The summed E-state index contributed by atoms with van der Waals surface area (Å²) in [6.45, 7) is 2.70. The van der Waals surface area contributed by atoms with Crippen LogP contribution in [0.1, 0.15) is 31.9 Å². The van der Waals surface area contributed by atoms with Crippen LogP contribution in [0.4, 0.5) is 0 Å². The van der Waals surface area contributed by atoms with E-state index in [4.69, 9.17) is 4.42 Å². The minimum absolute atomic E-state index is 0.00898. The first kappa shape index (κ1) is 21.6. The number of rotatable bonds is 7. The van der Waals surface area contributed by atoms with Crippen molar-refractivity contribution < 1.29 is 17.6 Å². The van der Waals surface area contributed by atoms with Gasteiger partial charge in [-0.05, 0) is 61.2 Å². The molecule has 0 radical (unpaired) electrons. The summed E-state index contributed by atoms with van der Waals surface area (Å²) in [6, 6.07) is 16.8. The highest BCUT2D eigenvalue weighted by Gasteiger charge is 2.32. The predicted octanol–water partition coefficient (Wildman–Crippen LogP) is 3.97. The highest BCUT2D eigenvalue weighted by Crippen LogP contribution is 2.26. The average molecular weight is 441 g/mol. The Balaban J connectivity index is 1.32. The normalized spacial score (nSPS) is 16.9. The zero-order valence-electron chi connectivity index (χ0n) is 17.7. The Labute approximate surface area is 183 Å². The van der Waals surface area contributed by atoms with Crippen molar-refractivity contribution in [1.29, 1.82) is 0 Å². The number of piperidine rings is 1. The Morgan fingerprint density at radius 2 is 1.84 bits per heavy atom. The second kappa shape index (κ2) is 9.24. The van der Waals surface area contributed by atoms with Crippen molar-refractivity contribution in [1.82, 2.24) is 9.62 Å². The summed E-state index contributed by atoms with van der Waals surface area (Å²) in [6.07, 6.45) is 4.29. The van der Waals surface area contributed by atoms with E-state index in [9.17, 15) is 13.2 Å². The first-order valence-electron chi connectivity index (χ1n) is 10.8. The number of sulfonamides is 1. The van der Waals surface area contributed by atoms with E-state index in [-0.39, 0.29) is 17.9 Å². The van der Waals surface area contributed by atoms with E-state index in [1.54, 1.807) is 18.4 Å². The molecular weight excluding hydrogens is 412 g/mol. The largest absolute Gasteiger partial charge is 0.469 e. The predicted molar refractivity (Wildman–Crippen MR) is 120 cm³/mol. The van der Waals surface area contributed by atoms with Crippen LogP contribution in [0.25, 0.3) is 10.8 Å². The van der Waals surface area contributed by atoms with Gasteiger partial charge in [-0.25, -0.2) is 8.42 Å². The van der Waals surface area contributed by atoms with Crippen LogP contribution >= 0.6 is 0 Å². The Bertz CT molecular complexity index is 1130. The van der Waals surface area contributed by atoms with Gasteiger partial charge >= 0.3 is 0 Å². The van der Waals surface area contributed by atoms with Crippen LogP contribution in [0.2, 0.25) is 0 Å². The summed E-state index contributed by atoms with van der Waals surface area (Å²) in [7, 11) is -3.57. The number of nitrogens with zero attached hydrogens (tertiary/aromatic N) is 1. The number of nitrogens with one attached hydrogen (secondary N) is 1. The topological polar surface area (TPSA) is 79.6 Å². The third-order valence-electron chi connectivity index (χ3n) is 5.98. The molecule has 7 heteroatoms. The molecule has 31 heavy (non-hydrogen) atoms. The summed E-state index contributed by atoms with van der Waals surface area (Å²) in [5, 5.41) is 4.98. The van der Waals surface area contributed by atoms with Crippen LogP contribution in [-0.4, -0.2) is 37.8 Å². The van der Waals surface area contributed by atoms with Crippen molar-refractivity contribution in [2.75, 3.05) is 13.1 Å². The van der Waals surface area contributed by atoms with Gasteiger partial charge in [0.2, 0.25) is 15.9 Å². The number of hydrogen-bond donors (Lipinski definition) is 1. The van der Waals surface area contributed by atoms with Gasteiger partial charge in [-0.2, -0.15) is 4.31 Å². The van der Waals surface area contributed by atoms with Crippen LogP contribution in [0.5, 0.6) is 0 Å². The van der Waals surface area contributed by atoms with Gasteiger partial charge in [-0.1, -0.05) is 30.3 Å². The number of hydrogen-bond acceptors (Lipinski definition) is 4. The molecule has 3 aromatic rings. The maximum absolute atomic E-state index is 13.1. The van der Waals surface area contributed by atoms with Crippen molar-refractivity contribution in [3.63, 3.8) is 0 Å². The van der Waals surface area contributed by atoms with Gasteiger partial charge in [0.25, 0.3) is 0 Å². The molecule has 6 nitrogen and oxygen atoms in total. The van der Waals surface area contributed by atoms with E-state index in [0.717, 1.165) is 29.4 Å². The van der Waals surface area contributed by atoms with Crippen LogP contribution in [0.3, 0.4) is 0 Å². The molecule has 1 atom stereocenters. The minimum Gasteiger partial charge on any atom is -0.469 e. The third kappa shape index (κ3) is 4.99. The lowest BCUT2D eigenvalue weighted by Gasteiger charge is -2.31. The lowest BCUT2D eigenvalue weighted by molar-refractivity contribution is -0.126. The van der Waals surface area contributed by atoms with E-state index >= 15 is 0 Å². The molecule has 0 bridgehead atoms. The number of aryl methyl sites for hydroxylation is 1. The molecule has 1 N–H and O–H groups in total. The summed E-state index contributed by atoms with van der Waals surface area (Å²) in [4.78, 5) is 12.9. The Kier molecular flexibility index (Phi) is 6.43. The smallest absolute Gasteiger partial charge is 0.243 e. The number of benzene rings is 2. The summed E-state index contributed by atoms with van der Waals surface area (Å²) < 4.78 is 33.0. The molecule has 0 aliphatic carbocycles. The fourth-order valence-electron chi connectivity index (χ4n) is 4.08. The second-order valence-corrected chi connectivity index (χ2v) is 10.2. The number of amides is 1. The van der Waals surface area contributed by atoms with Crippen LogP contribution in [0.15, 0.2) is 70.2 Å². The van der Waals surface area contributed by atoms with Crippen LogP contribution < -0.4 is 5.32 Å². The fourth-order valence-corrected chi connectivity index (χ4v) is 5.59. The lowest BCUT2D eigenvalue weighted by atomic mass is 9.96.